The molecule has 0 bridgehead atoms. The van der Waals surface area contributed by atoms with Crippen molar-refractivity contribution in [2.45, 2.75) is 33.0 Å². The summed E-state index contributed by atoms with van der Waals surface area (Å²) >= 11 is 6.20. The number of hydrogen-bond acceptors (Lipinski definition) is 5. The number of rotatable bonds is 12. The Morgan fingerprint density at radius 3 is 2.39 bits per heavy atom. The van der Waals surface area contributed by atoms with Crippen molar-refractivity contribution in [1.82, 2.24) is 15.1 Å². The summed E-state index contributed by atoms with van der Waals surface area (Å²) in [5.74, 6) is -1.20. The molecule has 0 atom stereocenters. The van der Waals surface area contributed by atoms with Crippen LogP contribution in [0.1, 0.15) is 36.2 Å². The molecule has 0 aromatic heterocycles. The standard InChI is InChI=1S/C27H36ClF4N5O/c1-3-35(4-2)12-10-33-19-20-5-7-22(23(29)17-20)26(38)34-24-8-6-21(28)18-25(24)37-15-13-36(14-16-37)11-9-27(30,31)32/h5-8,17-18,33H,3-4,9-16,19H2,1-2H3,(H,34,38). The maximum Gasteiger partial charge on any atom is 0.390 e. The molecule has 1 amide bonds. The number of carbonyl (C=O) groups excluding carboxylic acids is 1. The first-order chi connectivity index (χ1) is 18.1. The highest BCUT2D eigenvalue weighted by atomic mass is 35.5. The SMILES string of the molecule is CCN(CC)CCNCc1ccc(C(=O)Nc2ccc(Cl)cc2N2CCN(CCC(F)(F)F)CC2)c(F)c1. The number of anilines is 2. The first-order valence-electron chi connectivity index (χ1n) is 13.0. The van der Waals surface area contributed by atoms with E-state index in [1.54, 1.807) is 29.2 Å². The molecule has 1 heterocycles. The van der Waals surface area contributed by atoms with Crippen molar-refractivity contribution in [3.05, 3.63) is 58.4 Å². The minimum atomic E-state index is -4.18. The maximum absolute atomic E-state index is 14.9. The lowest BCUT2D eigenvalue weighted by Gasteiger charge is -2.37. The Bertz CT molecular complexity index is 1060. The van der Waals surface area contributed by atoms with Crippen LogP contribution >= 0.6 is 11.6 Å². The van der Waals surface area contributed by atoms with Crippen molar-refractivity contribution >= 4 is 28.9 Å². The molecule has 0 saturated carbocycles. The number of nitrogens with one attached hydrogen (secondary N) is 2. The molecule has 210 valence electrons. The lowest BCUT2D eigenvalue weighted by molar-refractivity contribution is -0.138. The molecule has 0 radical (unpaired) electrons. The van der Waals surface area contributed by atoms with Crippen molar-refractivity contribution < 1.29 is 22.4 Å². The number of halogens is 5. The fourth-order valence-electron chi connectivity index (χ4n) is 4.42. The first kappa shape index (κ1) is 30.1. The molecule has 3 rings (SSSR count). The van der Waals surface area contributed by atoms with Crippen LogP contribution in [0.4, 0.5) is 28.9 Å². The van der Waals surface area contributed by atoms with E-state index >= 15 is 0 Å². The molecule has 1 aliphatic rings. The summed E-state index contributed by atoms with van der Waals surface area (Å²) in [6.07, 6.45) is -5.03. The van der Waals surface area contributed by atoms with Crippen molar-refractivity contribution in [1.29, 1.82) is 0 Å². The van der Waals surface area contributed by atoms with Crippen LogP contribution in [0.2, 0.25) is 5.02 Å². The molecule has 0 unspecified atom stereocenters. The average molecular weight is 558 g/mol. The summed E-state index contributed by atoms with van der Waals surface area (Å²) in [6.45, 7) is 10.2. The van der Waals surface area contributed by atoms with Gasteiger partial charge < -0.3 is 20.4 Å². The molecule has 11 heteroatoms. The zero-order valence-electron chi connectivity index (χ0n) is 21.9. The summed E-state index contributed by atoms with van der Waals surface area (Å²) < 4.78 is 52.5. The molecule has 2 aromatic rings. The van der Waals surface area contributed by atoms with E-state index in [0.717, 1.165) is 31.7 Å². The Morgan fingerprint density at radius 1 is 1.05 bits per heavy atom. The van der Waals surface area contributed by atoms with Crippen molar-refractivity contribution in [3.63, 3.8) is 0 Å². The molecule has 2 N–H and O–H groups in total. The van der Waals surface area contributed by atoms with E-state index in [1.807, 2.05) is 4.90 Å². The molecule has 1 saturated heterocycles. The zero-order chi connectivity index (χ0) is 27.7. The van der Waals surface area contributed by atoms with Gasteiger partial charge in [-0.1, -0.05) is 31.5 Å². The minimum absolute atomic E-state index is 0.0444. The van der Waals surface area contributed by atoms with Gasteiger partial charge in [-0.2, -0.15) is 13.2 Å². The van der Waals surface area contributed by atoms with Gasteiger partial charge in [0.1, 0.15) is 5.82 Å². The molecule has 38 heavy (non-hydrogen) atoms. The summed E-state index contributed by atoms with van der Waals surface area (Å²) in [5.41, 5.74) is 1.78. The Balaban J connectivity index is 1.60. The minimum Gasteiger partial charge on any atom is -0.367 e. The molecule has 1 fully saturated rings. The van der Waals surface area contributed by atoms with Crippen LogP contribution < -0.4 is 15.5 Å². The highest BCUT2D eigenvalue weighted by Crippen LogP contribution is 2.31. The number of amides is 1. The van der Waals surface area contributed by atoms with Gasteiger partial charge in [0.05, 0.1) is 23.4 Å². The van der Waals surface area contributed by atoms with Gasteiger partial charge in [-0.05, 0) is 49.0 Å². The number of nitrogens with zero attached hydrogens (tertiary/aromatic N) is 3. The van der Waals surface area contributed by atoms with Gasteiger partial charge in [-0.3, -0.25) is 9.69 Å². The Kier molecular flexibility index (Phi) is 11.2. The molecular formula is C27H36ClF4N5O. The van der Waals surface area contributed by atoms with E-state index in [0.29, 0.717) is 49.1 Å². The lowest BCUT2D eigenvalue weighted by atomic mass is 10.1. The smallest absolute Gasteiger partial charge is 0.367 e. The van der Waals surface area contributed by atoms with Gasteiger partial charge >= 0.3 is 6.18 Å². The predicted molar refractivity (Wildman–Crippen MR) is 145 cm³/mol. The highest BCUT2D eigenvalue weighted by Gasteiger charge is 2.29. The number of likely N-dealkylation sites (N-methyl/N-ethyl adjacent to an activating group) is 1. The van der Waals surface area contributed by atoms with Crippen molar-refractivity contribution in [2.75, 3.05) is 69.1 Å². The van der Waals surface area contributed by atoms with E-state index in [1.165, 1.54) is 12.1 Å². The number of alkyl halides is 3. The van der Waals surface area contributed by atoms with E-state index in [4.69, 9.17) is 11.6 Å². The van der Waals surface area contributed by atoms with Crippen LogP contribution in [0.5, 0.6) is 0 Å². The van der Waals surface area contributed by atoms with Gasteiger partial charge in [-0.15, -0.1) is 0 Å². The normalized spacial score (nSPS) is 14.8. The second kappa shape index (κ2) is 14.1. The van der Waals surface area contributed by atoms with Crippen LogP contribution in [0.25, 0.3) is 0 Å². The second-order valence-corrected chi connectivity index (χ2v) is 9.76. The number of carbonyl (C=O) groups is 1. The fourth-order valence-corrected chi connectivity index (χ4v) is 4.59. The van der Waals surface area contributed by atoms with Gasteiger partial charge in [-0.25, -0.2) is 4.39 Å². The molecule has 2 aromatic carbocycles. The average Bonchev–Trinajstić information content (AvgIpc) is 2.88. The Hall–Kier alpha value is -2.40. The van der Waals surface area contributed by atoms with Crippen LogP contribution in [0, 0.1) is 5.82 Å². The summed E-state index contributed by atoms with van der Waals surface area (Å²) in [7, 11) is 0. The quantitative estimate of drug-likeness (QED) is 0.276. The van der Waals surface area contributed by atoms with Crippen LogP contribution in [0.3, 0.4) is 0 Å². The fraction of sp³-hybridized carbons (Fsp3) is 0.519. The third-order valence-corrected chi connectivity index (χ3v) is 6.97. The third kappa shape index (κ3) is 9.11. The summed E-state index contributed by atoms with van der Waals surface area (Å²) in [4.78, 5) is 19.0. The van der Waals surface area contributed by atoms with Gasteiger partial charge in [0.15, 0.2) is 0 Å². The molecular weight excluding hydrogens is 522 g/mol. The van der Waals surface area contributed by atoms with Gasteiger partial charge in [0, 0.05) is 57.4 Å². The van der Waals surface area contributed by atoms with Gasteiger partial charge in [0.2, 0.25) is 0 Å². The second-order valence-electron chi connectivity index (χ2n) is 9.33. The summed E-state index contributed by atoms with van der Waals surface area (Å²) in [5, 5.41) is 6.54. The maximum atomic E-state index is 14.9. The van der Waals surface area contributed by atoms with Crippen molar-refractivity contribution in [2.24, 2.45) is 0 Å². The highest BCUT2D eigenvalue weighted by molar-refractivity contribution is 6.31. The monoisotopic (exact) mass is 557 g/mol. The van der Waals surface area contributed by atoms with Crippen molar-refractivity contribution in [3.8, 4) is 0 Å². The Morgan fingerprint density at radius 2 is 1.76 bits per heavy atom. The summed E-state index contributed by atoms with van der Waals surface area (Å²) in [6, 6.07) is 9.54. The zero-order valence-corrected chi connectivity index (χ0v) is 22.6. The molecule has 6 nitrogen and oxygen atoms in total. The van der Waals surface area contributed by atoms with Gasteiger partial charge in [0.25, 0.3) is 5.91 Å². The Labute approximate surface area is 226 Å². The third-order valence-electron chi connectivity index (χ3n) is 6.74. The molecule has 0 aliphatic carbocycles. The largest absolute Gasteiger partial charge is 0.390 e. The van der Waals surface area contributed by atoms with Crippen LogP contribution in [0.15, 0.2) is 36.4 Å². The number of hydrogen-bond donors (Lipinski definition) is 2. The van der Waals surface area contributed by atoms with E-state index in [-0.39, 0.29) is 12.1 Å². The molecule has 0 spiro atoms. The van der Waals surface area contributed by atoms with E-state index < -0.39 is 24.3 Å². The number of piperazine rings is 1. The van der Waals surface area contributed by atoms with Crippen LogP contribution in [-0.2, 0) is 6.54 Å². The first-order valence-corrected chi connectivity index (χ1v) is 13.3. The molecule has 1 aliphatic heterocycles. The number of benzene rings is 2. The topological polar surface area (TPSA) is 50.9 Å². The predicted octanol–water partition coefficient (Wildman–Crippen LogP) is 5.24. The van der Waals surface area contributed by atoms with Crippen LogP contribution in [-0.4, -0.2) is 80.8 Å². The van der Waals surface area contributed by atoms with E-state index in [9.17, 15) is 22.4 Å². The lowest BCUT2D eigenvalue weighted by Crippen LogP contribution is -2.47. The van der Waals surface area contributed by atoms with E-state index in [2.05, 4.69) is 29.4 Å².